The number of aryl methyl sites for hydroxylation is 1. The third-order valence-corrected chi connectivity index (χ3v) is 3.54. The Balaban J connectivity index is 2.29. The van der Waals surface area contributed by atoms with Gasteiger partial charge in [0.25, 0.3) is 0 Å². The Morgan fingerprint density at radius 2 is 2.23 bits per heavy atom. The highest BCUT2D eigenvalue weighted by Crippen LogP contribution is 2.31. The van der Waals surface area contributed by atoms with Crippen molar-refractivity contribution in [3.8, 4) is 0 Å². The molecule has 22 heavy (non-hydrogen) atoms. The van der Waals surface area contributed by atoms with Gasteiger partial charge >= 0.3 is 5.69 Å². The van der Waals surface area contributed by atoms with E-state index in [1.54, 1.807) is 6.92 Å². The molecule has 9 heteroatoms. The van der Waals surface area contributed by atoms with Crippen LogP contribution >= 0.6 is 0 Å². The van der Waals surface area contributed by atoms with Crippen molar-refractivity contribution in [2.75, 3.05) is 32.7 Å². The summed E-state index contributed by atoms with van der Waals surface area (Å²) < 4.78 is 17.2. The Bertz CT molecular complexity index is 563. The van der Waals surface area contributed by atoms with E-state index in [9.17, 15) is 15.0 Å². The Morgan fingerprint density at radius 3 is 2.86 bits per heavy atom. The van der Waals surface area contributed by atoms with Crippen LogP contribution in [0.25, 0.3) is 0 Å². The monoisotopic (exact) mass is 315 g/mol. The second kappa shape index (κ2) is 7.16. The summed E-state index contributed by atoms with van der Waals surface area (Å²) in [6.07, 6.45) is -2.15. The minimum atomic E-state index is -1.07. The van der Waals surface area contributed by atoms with Gasteiger partial charge in [0.05, 0.1) is 19.8 Å². The maximum absolute atomic E-state index is 12.0. The molecule has 124 valence electrons. The van der Waals surface area contributed by atoms with Gasteiger partial charge in [-0.3, -0.25) is 4.57 Å². The van der Waals surface area contributed by atoms with Gasteiger partial charge in [0.1, 0.15) is 24.1 Å². The topological polar surface area (TPSA) is 129 Å². The fourth-order valence-electron chi connectivity index (χ4n) is 2.30. The Labute approximate surface area is 127 Å². The number of methoxy groups -OCH3 is 1. The number of aliphatic hydroxyl groups is 2. The summed E-state index contributed by atoms with van der Waals surface area (Å²) in [5.74, 6) is 0.135. The number of nitrogens with two attached hydrogens (primary N) is 1. The van der Waals surface area contributed by atoms with Crippen LogP contribution in [0.2, 0.25) is 0 Å². The SMILES string of the molecule is COCCO[C@H]1[C@@H](O)[C@H](CO)O[C@@H]1n1cc(C)c(N)nc1=O. The van der Waals surface area contributed by atoms with Crippen molar-refractivity contribution in [3.63, 3.8) is 0 Å². The highest BCUT2D eigenvalue weighted by Gasteiger charge is 2.45. The van der Waals surface area contributed by atoms with Crippen LogP contribution in [-0.4, -0.2) is 65.0 Å². The molecule has 0 unspecified atom stereocenters. The molecule has 0 radical (unpaired) electrons. The van der Waals surface area contributed by atoms with Crippen molar-refractivity contribution in [3.05, 3.63) is 22.2 Å². The molecule has 2 heterocycles. The molecular formula is C13H21N3O6. The van der Waals surface area contributed by atoms with Crippen molar-refractivity contribution in [1.29, 1.82) is 0 Å². The van der Waals surface area contributed by atoms with Gasteiger partial charge in [-0.25, -0.2) is 4.79 Å². The predicted molar refractivity (Wildman–Crippen MR) is 76.3 cm³/mol. The minimum Gasteiger partial charge on any atom is -0.394 e. The number of aromatic nitrogens is 2. The van der Waals surface area contributed by atoms with E-state index in [0.717, 1.165) is 0 Å². The van der Waals surface area contributed by atoms with Gasteiger partial charge in [-0.2, -0.15) is 4.98 Å². The first-order valence-corrected chi connectivity index (χ1v) is 6.89. The molecule has 0 aliphatic carbocycles. The maximum Gasteiger partial charge on any atom is 0.351 e. The average Bonchev–Trinajstić information content (AvgIpc) is 2.80. The van der Waals surface area contributed by atoms with Crippen molar-refractivity contribution in [1.82, 2.24) is 9.55 Å². The average molecular weight is 315 g/mol. The van der Waals surface area contributed by atoms with Crippen LogP contribution in [0.3, 0.4) is 0 Å². The zero-order valence-electron chi connectivity index (χ0n) is 12.5. The molecule has 1 saturated heterocycles. The standard InChI is InChI=1S/C13H21N3O6/c1-7-5-16(13(19)15-11(7)14)12-10(21-4-3-20-2)9(18)8(6-17)22-12/h5,8-10,12,17-18H,3-4,6H2,1-2H3,(H2,14,15,19)/t8-,9-,10-,12-/m0/s1. The van der Waals surface area contributed by atoms with Gasteiger partial charge in [0.2, 0.25) is 0 Å². The number of anilines is 1. The Kier molecular flexibility index (Phi) is 5.48. The van der Waals surface area contributed by atoms with Crippen molar-refractivity contribution in [2.24, 2.45) is 0 Å². The molecule has 4 N–H and O–H groups in total. The number of hydrogen-bond acceptors (Lipinski definition) is 8. The first kappa shape index (κ1) is 16.8. The summed E-state index contributed by atoms with van der Waals surface area (Å²) >= 11 is 0. The van der Waals surface area contributed by atoms with Crippen LogP contribution in [-0.2, 0) is 14.2 Å². The van der Waals surface area contributed by atoms with Gasteiger partial charge in [-0.1, -0.05) is 0 Å². The number of rotatable bonds is 6. The molecule has 9 nitrogen and oxygen atoms in total. The third-order valence-electron chi connectivity index (χ3n) is 3.54. The predicted octanol–water partition coefficient (Wildman–Crippen LogP) is -1.58. The first-order valence-electron chi connectivity index (χ1n) is 6.89. The molecule has 1 aliphatic rings. The van der Waals surface area contributed by atoms with Gasteiger partial charge < -0.3 is 30.2 Å². The van der Waals surface area contributed by atoms with E-state index >= 15 is 0 Å². The number of aliphatic hydroxyl groups excluding tert-OH is 2. The zero-order chi connectivity index (χ0) is 16.3. The highest BCUT2D eigenvalue weighted by molar-refractivity contribution is 5.35. The molecule has 1 aromatic rings. The summed E-state index contributed by atoms with van der Waals surface area (Å²) in [6, 6.07) is 0. The molecule has 0 saturated carbocycles. The summed E-state index contributed by atoms with van der Waals surface area (Å²) in [4.78, 5) is 15.7. The lowest BCUT2D eigenvalue weighted by molar-refractivity contribution is -0.0819. The second-order valence-electron chi connectivity index (χ2n) is 5.07. The summed E-state index contributed by atoms with van der Waals surface area (Å²) in [5.41, 5.74) is 5.59. The molecule has 1 fully saturated rings. The lowest BCUT2D eigenvalue weighted by Gasteiger charge is -2.22. The number of nitrogen functional groups attached to an aromatic ring is 1. The molecule has 0 spiro atoms. The van der Waals surface area contributed by atoms with Gasteiger partial charge in [0.15, 0.2) is 6.23 Å². The third kappa shape index (κ3) is 3.28. The molecule has 1 aliphatic heterocycles. The molecule has 2 rings (SSSR count). The fraction of sp³-hybridized carbons (Fsp3) is 0.692. The molecular weight excluding hydrogens is 294 g/mol. The molecule has 4 atom stereocenters. The van der Waals surface area contributed by atoms with Crippen molar-refractivity contribution < 1.29 is 24.4 Å². The molecule has 0 bridgehead atoms. The molecule has 0 aromatic carbocycles. The lowest BCUT2D eigenvalue weighted by Crippen LogP contribution is -2.39. The van der Waals surface area contributed by atoms with Crippen molar-refractivity contribution >= 4 is 5.82 Å². The second-order valence-corrected chi connectivity index (χ2v) is 5.07. The van der Waals surface area contributed by atoms with Crippen LogP contribution in [0.4, 0.5) is 5.82 Å². The van der Waals surface area contributed by atoms with Crippen LogP contribution < -0.4 is 11.4 Å². The van der Waals surface area contributed by atoms with E-state index in [1.807, 2.05) is 0 Å². The normalized spacial score (nSPS) is 28.2. The van der Waals surface area contributed by atoms with Crippen LogP contribution in [0.5, 0.6) is 0 Å². The van der Waals surface area contributed by atoms with E-state index < -0.39 is 36.8 Å². The van der Waals surface area contributed by atoms with Crippen molar-refractivity contribution in [2.45, 2.75) is 31.5 Å². The highest BCUT2D eigenvalue weighted by atomic mass is 16.6. The smallest absolute Gasteiger partial charge is 0.351 e. The van der Waals surface area contributed by atoms with E-state index in [1.165, 1.54) is 17.9 Å². The summed E-state index contributed by atoms with van der Waals surface area (Å²) in [6.45, 7) is 1.85. The van der Waals surface area contributed by atoms with E-state index in [0.29, 0.717) is 12.2 Å². The fourth-order valence-corrected chi connectivity index (χ4v) is 2.30. The summed E-state index contributed by atoms with van der Waals surface area (Å²) in [7, 11) is 1.52. The van der Waals surface area contributed by atoms with E-state index in [-0.39, 0.29) is 12.4 Å². The first-order chi connectivity index (χ1) is 10.5. The van der Waals surface area contributed by atoms with Gasteiger partial charge in [-0.05, 0) is 6.92 Å². The number of hydrogen-bond donors (Lipinski definition) is 3. The number of ether oxygens (including phenoxy) is 3. The molecule has 1 aromatic heterocycles. The van der Waals surface area contributed by atoms with Gasteiger partial charge in [-0.15, -0.1) is 0 Å². The zero-order valence-corrected chi connectivity index (χ0v) is 12.5. The largest absolute Gasteiger partial charge is 0.394 e. The quantitative estimate of drug-likeness (QED) is 0.536. The Morgan fingerprint density at radius 1 is 1.50 bits per heavy atom. The Hall–Kier alpha value is -1.52. The van der Waals surface area contributed by atoms with Crippen LogP contribution in [0.15, 0.2) is 11.0 Å². The minimum absolute atomic E-state index is 0.135. The molecule has 0 amide bonds. The summed E-state index contributed by atoms with van der Waals surface area (Å²) in [5, 5.41) is 19.5. The van der Waals surface area contributed by atoms with Crippen LogP contribution in [0, 0.1) is 6.92 Å². The maximum atomic E-state index is 12.0. The van der Waals surface area contributed by atoms with E-state index in [4.69, 9.17) is 19.9 Å². The number of nitrogens with zero attached hydrogens (tertiary/aromatic N) is 2. The van der Waals surface area contributed by atoms with Gasteiger partial charge in [0, 0.05) is 18.9 Å². The lowest BCUT2D eigenvalue weighted by atomic mass is 10.1. The van der Waals surface area contributed by atoms with E-state index in [2.05, 4.69) is 4.98 Å². The van der Waals surface area contributed by atoms with Crippen LogP contribution in [0.1, 0.15) is 11.8 Å².